The molecule has 1 aliphatic rings. The van der Waals surface area contributed by atoms with E-state index in [2.05, 4.69) is 22.8 Å². The molecule has 1 aromatic rings. The normalized spacial score (nSPS) is 13.2. The summed E-state index contributed by atoms with van der Waals surface area (Å²) in [5, 5.41) is 5.93. The van der Waals surface area contributed by atoms with Crippen LogP contribution in [0, 0.1) is 0 Å². The minimum Gasteiger partial charge on any atom is -0.383 e. The zero-order valence-corrected chi connectivity index (χ0v) is 10.8. The molecule has 0 fully saturated rings. The molecule has 0 heterocycles. The van der Waals surface area contributed by atoms with Crippen LogP contribution in [0.3, 0.4) is 0 Å². The van der Waals surface area contributed by atoms with Crippen molar-refractivity contribution in [2.45, 2.75) is 19.3 Å². The van der Waals surface area contributed by atoms with Gasteiger partial charge in [0.05, 0.1) is 13.2 Å². The van der Waals surface area contributed by atoms with Crippen LogP contribution in [0.15, 0.2) is 18.2 Å². The SMILES string of the molecule is COCCNC(=O)CNc1ccc2c(c1)CCC2. The highest BCUT2D eigenvalue weighted by Crippen LogP contribution is 2.24. The van der Waals surface area contributed by atoms with Gasteiger partial charge in [0.2, 0.25) is 5.91 Å². The molecule has 4 heteroatoms. The smallest absolute Gasteiger partial charge is 0.239 e. The van der Waals surface area contributed by atoms with E-state index in [1.54, 1.807) is 7.11 Å². The van der Waals surface area contributed by atoms with Gasteiger partial charge in [0.25, 0.3) is 0 Å². The lowest BCUT2D eigenvalue weighted by atomic mass is 10.1. The van der Waals surface area contributed by atoms with E-state index >= 15 is 0 Å². The first-order chi connectivity index (χ1) is 8.79. The number of rotatable bonds is 6. The van der Waals surface area contributed by atoms with E-state index in [9.17, 15) is 4.79 Å². The summed E-state index contributed by atoms with van der Waals surface area (Å²) in [6, 6.07) is 6.37. The van der Waals surface area contributed by atoms with Gasteiger partial charge in [-0.2, -0.15) is 0 Å². The molecule has 1 aromatic carbocycles. The fourth-order valence-electron chi connectivity index (χ4n) is 2.22. The predicted molar refractivity (Wildman–Crippen MR) is 71.8 cm³/mol. The Labute approximate surface area is 108 Å². The highest BCUT2D eigenvalue weighted by Gasteiger charge is 2.10. The first kappa shape index (κ1) is 12.9. The Hall–Kier alpha value is -1.55. The number of benzene rings is 1. The van der Waals surface area contributed by atoms with E-state index in [0.29, 0.717) is 19.7 Å². The van der Waals surface area contributed by atoms with Crippen LogP contribution in [-0.2, 0) is 22.4 Å². The molecule has 1 aliphatic carbocycles. The van der Waals surface area contributed by atoms with Crippen molar-refractivity contribution in [2.24, 2.45) is 0 Å². The van der Waals surface area contributed by atoms with Gasteiger partial charge in [-0.15, -0.1) is 0 Å². The molecule has 0 saturated heterocycles. The lowest BCUT2D eigenvalue weighted by Gasteiger charge is -2.09. The third-order valence-corrected chi connectivity index (χ3v) is 3.18. The molecule has 0 atom stereocenters. The molecule has 18 heavy (non-hydrogen) atoms. The van der Waals surface area contributed by atoms with Crippen LogP contribution in [0.1, 0.15) is 17.5 Å². The predicted octanol–water partition coefficient (Wildman–Crippen LogP) is 1.35. The standard InChI is InChI=1S/C14H20N2O2/c1-18-8-7-15-14(17)10-16-13-6-5-11-3-2-4-12(11)9-13/h5-6,9,16H,2-4,7-8,10H2,1H3,(H,15,17). The maximum absolute atomic E-state index is 11.5. The Balaban J connectivity index is 1.78. The van der Waals surface area contributed by atoms with Crippen molar-refractivity contribution >= 4 is 11.6 Å². The van der Waals surface area contributed by atoms with E-state index < -0.39 is 0 Å². The van der Waals surface area contributed by atoms with Crippen molar-refractivity contribution in [3.63, 3.8) is 0 Å². The van der Waals surface area contributed by atoms with Gasteiger partial charge in [-0.1, -0.05) is 6.07 Å². The van der Waals surface area contributed by atoms with Crippen LogP contribution in [0.5, 0.6) is 0 Å². The van der Waals surface area contributed by atoms with Crippen molar-refractivity contribution in [1.29, 1.82) is 0 Å². The summed E-state index contributed by atoms with van der Waals surface area (Å²) < 4.78 is 4.87. The van der Waals surface area contributed by atoms with E-state index in [0.717, 1.165) is 12.1 Å². The number of nitrogens with one attached hydrogen (secondary N) is 2. The van der Waals surface area contributed by atoms with Gasteiger partial charge in [-0.25, -0.2) is 0 Å². The van der Waals surface area contributed by atoms with Crippen molar-refractivity contribution in [1.82, 2.24) is 5.32 Å². The van der Waals surface area contributed by atoms with E-state index in [1.165, 1.54) is 24.0 Å². The number of fused-ring (bicyclic) bond motifs is 1. The summed E-state index contributed by atoms with van der Waals surface area (Å²) in [5.41, 5.74) is 3.89. The second kappa shape index (κ2) is 6.40. The van der Waals surface area contributed by atoms with Gasteiger partial charge < -0.3 is 15.4 Å². The number of ether oxygens (including phenoxy) is 1. The molecule has 0 bridgehead atoms. The van der Waals surface area contributed by atoms with Crippen LogP contribution in [-0.4, -0.2) is 32.7 Å². The van der Waals surface area contributed by atoms with E-state index in [1.807, 2.05) is 6.07 Å². The van der Waals surface area contributed by atoms with Gasteiger partial charge >= 0.3 is 0 Å². The summed E-state index contributed by atoms with van der Waals surface area (Å²) in [7, 11) is 1.62. The average molecular weight is 248 g/mol. The molecular weight excluding hydrogens is 228 g/mol. The minimum absolute atomic E-state index is 0.00690. The number of amides is 1. The van der Waals surface area contributed by atoms with Crippen LogP contribution >= 0.6 is 0 Å². The fourth-order valence-corrected chi connectivity index (χ4v) is 2.22. The van der Waals surface area contributed by atoms with Gasteiger partial charge in [-0.05, 0) is 42.5 Å². The van der Waals surface area contributed by atoms with Crippen LogP contribution < -0.4 is 10.6 Å². The van der Waals surface area contributed by atoms with E-state index in [-0.39, 0.29) is 5.91 Å². The van der Waals surface area contributed by atoms with Crippen LogP contribution in [0.2, 0.25) is 0 Å². The molecule has 0 aromatic heterocycles. The van der Waals surface area contributed by atoms with Crippen molar-refractivity contribution in [2.75, 3.05) is 32.1 Å². The summed E-state index contributed by atoms with van der Waals surface area (Å²) in [5.74, 6) is -0.00690. The third kappa shape index (κ3) is 3.47. The van der Waals surface area contributed by atoms with Gasteiger partial charge in [0.15, 0.2) is 0 Å². The number of carbonyl (C=O) groups excluding carboxylic acids is 1. The Kier molecular flexibility index (Phi) is 4.59. The van der Waals surface area contributed by atoms with Gasteiger partial charge in [0, 0.05) is 19.3 Å². The Bertz CT molecular complexity index is 418. The highest BCUT2D eigenvalue weighted by molar-refractivity contribution is 5.80. The molecule has 0 radical (unpaired) electrons. The molecule has 2 N–H and O–H groups in total. The maximum Gasteiger partial charge on any atom is 0.239 e. The largest absolute Gasteiger partial charge is 0.383 e. The number of methoxy groups -OCH3 is 1. The molecule has 0 saturated carbocycles. The summed E-state index contributed by atoms with van der Waals surface area (Å²) in [6.07, 6.45) is 3.59. The third-order valence-electron chi connectivity index (χ3n) is 3.18. The van der Waals surface area contributed by atoms with E-state index in [4.69, 9.17) is 4.74 Å². The average Bonchev–Trinajstić information content (AvgIpc) is 2.84. The zero-order valence-electron chi connectivity index (χ0n) is 10.8. The molecule has 0 unspecified atom stereocenters. The zero-order chi connectivity index (χ0) is 12.8. The second-order valence-corrected chi connectivity index (χ2v) is 4.53. The number of aryl methyl sites for hydroxylation is 2. The number of carbonyl (C=O) groups is 1. The molecule has 4 nitrogen and oxygen atoms in total. The van der Waals surface area contributed by atoms with Crippen LogP contribution in [0.4, 0.5) is 5.69 Å². The Morgan fingerprint density at radius 1 is 1.33 bits per heavy atom. The maximum atomic E-state index is 11.5. The monoisotopic (exact) mass is 248 g/mol. The number of hydrogen-bond donors (Lipinski definition) is 2. The molecule has 98 valence electrons. The first-order valence-electron chi connectivity index (χ1n) is 6.41. The van der Waals surface area contributed by atoms with Crippen molar-refractivity contribution < 1.29 is 9.53 Å². The number of hydrogen-bond acceptors (Lipinski definition) is 3. The van der Waals surface area contributed by atoms with Crippen LogP contribution in [0.25, 0.3) is 0 Å². The molecule has 0 aliphatic heterocycles. The lowest BCUT2D eigenvalue weighted by molar-refractivity contribution is -0.119. The fraction of sp³-hybridized carbons (Fsp3) is 0.500. The first-order valence-corrected chi connectivity index (χ1v) is 6.41. The molecule has 1 amide bonds. The topological polar surface area (TPSA) is 50.4 Å². The second-order valence-electron chi connectivity index (χ2n) is 4.53. The lowest BCUT2D eigenvalue weighted by Crippen LogP contribution is -2.32. The quantitative estimate of drug-likeness (QED) is 0.747. The van der Waals surface area contributed by atoms with Gasteiger partial charge in [0.1, 0.15) is 0 Å². The summed E-state index contributed by atoms with van der Waals surface area (Å²) >= 11 is 0. The molecule has 2 rings (SSSR count). The summed E-state index contributed by atoms with van der Waals surface area (Å²) in [6.45, 7) is 1.41. The van der Waals surface area contributed by atoms with Gasteiger partial charge in [-0.3, -0.25) is 4.79 Å². The van der Waals surface area contributed by atoms with Crippen molar-refractivity contribution in [3.8, 4) is 0 Å². The minimum atomic E-state index is -0.00690. The Morgan fingerprint density at radius 3 is 3.00 bits per heavy atom. The Morgan fingerprint density at radius 2 is 2.17 bits per heavy atom. The molecule has 0 spiro atoms. The summed E-state index contributed by atoms with van der Waals surface area (Å²) in [4.78, 5) is 11.5. The van der Waals surface area contributed by atoms with Crippen molar-refractivity contribution in [3.05, 3.63) is 29.3 Å². The number of anilines is 1. The molecular formula is C14H20N2O2. The highest BCUT2D eigenvalue weighted by atomic mass is 16.5.